The highest BCUT2D eigenvalue weighted by Gasteiger charge is 2.02. The number of benzene rings is 1. The van der Waals surface area contributed by atoms with Gasteiger partial charge in [-0.25, -0.2) is 0 Å². The number of halogens is 2. The molecule has 0 N–H and O–H groups in total. The van der Waals surface area contributed by atoms with Gasteiger partial charge in [-0.1, -0.05) is 35.3 Å². The highest BCUT2D eigenvalue weighted by atomic mass is 35.5. The Kier molecular flexibility index (Phi) is 7.30. The summed E-state index contributed by atoms with van der Waals surface area (Å²) < 4.78 is 4.88. The number of carbonyl (C=O) groups is 1. The molecule has 0 aliphatic rings. The zero-order chi connectivity index (χ0) is 14.1. The standard InChI is InChI=1S/C13H14Cl2NO3/c1-2-6-18-13(17)5-7-19-16-9-10-3-4-11(14)8-12(10)15/h3,8-9H,2,5-7H2,1H3/b16-9+. The molecule has 0 saturated heterocycles. The van der Waals surface area contributed by atoms with E-state index in [4.69, 9.17) is 32.8 Å². The zero-order valence-electron chi connectivity index (χ0n) is 10.5. The molecule has 0 aliphatic carbocycles. The molecular weight excluding hydrogens is 289 g/mol. The van der Waals surface area contributed by atoms with Crippen LogP contribution in [-0.4, -0.2) is 25.4 Å². The second kappa shape index (κ2) is 8.77. The normalized spacial score (nSPS) is 10.7. The summed E-state index contributed by atoms with van der Waals surface area (Å²) in [5.74, 6) is -0.296. The molecule has 0 bridgehead atoms. The second-order valence-corrected chi connectivity index (χ2v) is 4.44. The highest BCUT2D eigenvalue weighted by Crippen LogP contribution is 2.18. The topological polar surface area (TPSA) is 47.9 Å². The number of oxime groups is 1. The first kappa shape index (κ1) is 15.8. The minimum Gasteiger partial charge on any atom is -0.466 e. The molecule has 4 nitrogen and oxygen atoms in total. The van der Waals surface area contributed by atoms with Crippen molar-refractivity contribution in [1.29, 1.82) is 0 Å². The van der Waals surface area contributed by atoms with E-state index in [1.807, 2.05) is 6.92 Å². The van der Waals surface area contributed by atoms with Crippen LogP contribution in [0.2, 0.25) is 10.0 Å². The van der Waals surface area contributed by atoms with Crippen molar-refractivity contribution in [1.82, 2.24) is 0 Å². The van der Waals surface area contributed by atoms with Crippen LogP contribution in [0.1, 0.15) is 25.3 Å². The Balaban J connectivity index is 2.29. The van der Waals surface area contributed by atoms with Crippen LogP contribution in [0.3, 0.4) is 0 Å². The third kappa shape index (κ3) is 6.45. The largest absolute Gasteiger partial charge is 0.466 e. The lowest BCUT2D eigenvalue weighted by molar-refractivity contribution is -0.144. The monoisotopic (exact) mass is 302 g/mol. The van der Waals surface area contributed by atoms with Crippen LogP contribution in [0.25, 0.3) is 0 Å². The molecule has 19 heavy (non-hydrogen) atoms. The van der Waals surface area contributed by atoms with Gasteiger partial charge in [0.25, 0.3) is 0 Å². The quantitative estimate of drug-likeness (QED) is 0.335. The van der Waals surface area contributed by atoms with Gasteiger partial charge in [0, 0.05) is 16.7 Å². The van der Waals surface area contributed by atoms with Crippen LogP contribution in [0.15, 0.2) is 17.3 Å². The van der Waals surface area contributed by atoms with Crippen molar-refractivity contribution >= 4 is 35.4 Å². The average Bonchev–Trinajstić information content (AvgIpc) is 2.38. The highest BCUT2D eigenvalue weighted by molar-refractivity contribution is 6.36. The molecule has 0 aromatic heterocycles. The van der Waals surface area contributed by atoms with Crippen molar-refractivity contribution in [2.24, 2.45) is 5.16 Å². The molecule has 1 aromatic rings. The Hall–Kier alpha value is -1.26. The Morgan fingerprint density at radius 3 is 2.95 bits per heavy atom. The summed E-state index contributed by atoms with van der Waals surface area (Å²) in [6.45, 7) is 2.52. The fraction of sp³-hybridized carbons (Fsp3) is 0.385. The number of rotatable bonds is 7. The molecule has 0 unspecified atom stereocenters. The summed E-state index contributed by atoms with van der Waals surface area (Å²) in [7, 11) is 0. The lowest BCUT2D eigenvalue weighted by Gasteiger charge is -2.02. The van der Waals surface area contributed by atoms with Crippen molar-refractivity contribution in [3.8, 4) is 0 Å². The van der Waals surface area contributed by atoms with Gasteiger partial charge in [-0.3, -0.25) is 4.79 Å². The maximum absolute atomic E-state index is 11.1. The van der Waals surface area contributed by atoms with Crippen LogP contribution >= 0.6 is 23.2 Å². The molecule has 0 fully saturated rings. The fourth-order valence-electron chi connectivity index (χ4n) is 1.11. The third-order valence-corrected chi connectivity index (χ3v) is 2.57. The van der Waals surface area contributed by atoms with Crippen molar-refractivity contribution in [2.75, 3.05) is 13.2 Å². The summed E-state index contributed by atoms with van der Waals surface area (Å²) in [5.41, 5.74) is 0.639. The lowest BCUT2D eigenvalue weighted by atomic mass is 10.2. The van der Waals surface area contributed by atoms with Gasteiger partial charge in [0.05, 0.1) is 24.3 Å². The van der Waals surface area contributed by atoms with E-state index in [1.165, 1.54) is 6.21 Å². The van der Waals surface area contributed by atoms with E-state index in [1.54, 1.807) is 12.1 Å². The molecule has 6 heteroatoms. The Morgan fingerprint density at radius 2 is 2.26 bits per heavy atom. The maximum Gasteiger partial charge on any atom is 0.309 e. The first-order valence-corrected chi connectivity index (χ1v) is 6.56. The maximum atomic E-state index is 11.1. The van der Waals surface area contributed by atoms with Crippen LogP contribution in [0.4, 0.5) is 0 Å². The molecule has 103 valence electrons. The summed E-state index contributed by atoms with van der Waals surface area (Å²) in [5, 5.41) is 4.59. The number of hydrogen-bond donors (Lipinski definition) is 0. The number of nitrogens with zero attached hydrogens (tertiary/aromatic N) is 1. The van der Waals surface area contributed by atoms with Crippen LogP contribution in [0.5, 0.6) is 0 Å². The van der Waals surface area contributed by atoms with Gasteiger partial charge in [0.2, 0.25) is 0 Å². The number of esters is 1. The summed E-state index contributed by atoms with van der Waals surface area (Å²) in [4.78, 5) is 16.1. The third-order valence-electron chi connectivity index (χ3n) is 2.03. The van der Waals surface area contributed by atoms with Crippen LogP contribution in [0, 0.1) is 6.07 Å². The van der Waals surface area contributed by atoms with Gasteiger partial charge in [0.15, 0.2) is 0 Å². The molecule has 0 aliphatic heterocycles. The van der Waals surface area contributed by atoms with E-state index >= 15 is 0 Å². The molecule has 0 spiro atoms. The van der Waals surface area contributed by atoms with Gasteiger partial charge in [-0.2, -0.15) is 0 Å². The molecule has 0 saturated carbocycles. The lowest BCUT2D eigenvalue weighted by Crippen LogP contribution is -2.07. The van der Waals surface area contributed by atoms with Gasteiger partial charge in [-0.05, 0) is 18.6 Å². The average molecular weight is 303 g/mol. The minimum absolute atomic E-state index is 0.161. The van der Waals surface area contributed by atoms with Crippen molar-refractivity contribution in [2.45, 2.75) is 19.8 Å². The van der Waals surface area contributed by atoms with E-state index in [9.17, 15) is 4.79 Å². The van der Waals surface area contributed by atoms with Gasteiger partial charge >= 0.3 is 5.97 Å². The van der Waals surface area contributed by atoms with Crippen LogP contribution in [-0.2, 0) is 14.4 Å². The van der Waals surface area contributed by atoms with E-state index < -0.39 is 0 Å². The van der Waals surface area contributed by atoms with Crippen molar-refractivity contribution in [3.63, 3.8) is 0 Å². The van der Waals surface area contributed by atoms with Gasteiger partial charge in [0.1, 0.15) is 6.61 Å². The van der Waals surface area contributed by atoms with Crippen molar-refractivity contribution in [3.05, 3.63) is 33.8 Å². The molecule has 0 heterocycles. The van der Waals surface area contributed by atoms with Gasteiger partial charge in [-0.15, -0.1) is 0 Å². The van der Waals surface area contributed by atoms with E-state index in [0.717, 1.165) is 6.42 Å². The van der Waals surface area contributed by atoms with Gasteiger partial charge < -0.3 is 9.57 Å². The Morgan fingerprint density at radius 1 is 1.47 bits per heavy atom. The molecule has 1 radical (unpaired) electrons. The predicted molar refractivity (Wildman–Crippen MR) is 74.7 cm³/mol. The molecule has 0 atom stereocenters. The first-order valence-electron chi connectivity index (χ1n) is 5.81. The predicted octanol–water partition coefficient (Wildman–Crippen LogP) is 3.49. The minimum atomic E-state index is -0.296. The Labute approximate surface area is 122 Å². The summed E-state index contributed by atoms with van der Waals surface area (Å²) in [6, 6.07) is 5.95. The molecule has 1 aromatic carbocycles. The van der Waals surface area contributed by atoms with E-state index in [2.05, 4.69) is 11.2 Å². The zero-order valence-corrected chi connectivity index (χ0v) is 12.0. The smallest absolute Gasteiger partial charge is 0.309 e. The second-order valence-electron chi connectivity index (χ2n) is 3.62. The molecule has 1 rings (SSSR count). The first-order chi connectivity index (χ1) is 9.13. The summed E-state index contributed by atoms with van der Waals surface area (Å²) in [6.07, 6.45) is 2.40. The SMILES string of the molecule is CCCOC(=O)CCO/N=C/c1c[c]c(Cl)cc1Cl. The number of carbonyl (C=O) groups excluding carboxylic acids is 1. The number of hydrogen-bond acceptors (Lipinski definition) is 4. The van der Waals surface area contributed by atoms with E-state index in [-0.39, 0.29) is 19.0 Å². The number of ether oxygens (including phenoxy) is 1. The summed E-state index contributed by atoms with van der Waals surface area (Å²) >= 11 is 11.6. The molecule has 0 amide bonds. The Bertz CT molecular complexity index is 450. The molecular formula is C13H14Cl2NO3. The van der Waals surface area contributed by atoms with Crippen molar-refractivity contribution < 1.29 is 14.4 Å². The van der Waals surface area contributed by atoms with Crippen LogP contribution < -0.4 is 0 Å². The fourth-order valence-corrected chi connectivity index (χ4v) is 1.55. The van der Waals surface area contributed by atoms with E-state index in [0.29, 0.717) is 22.2 Å².